The second kappa shape index (κ2) is 4.94. The summed E-state index contributed by atoms with van der Waals surface area (Å²) < 4.78 is 0. The molecule has 0 aliphatic heterocycles. The number of nitrogens with zero attached hydrogens (tertiary/aromatic N) is 4. The van der Waals surface area contributed by atoms with Crippen LogP contribution in [0.5, 0.6) is 0 Å². The number of halogens is 1. The minimum Gasteiger partial charge on any atom is -0.357 e. The maximum Gasteiger partial charge on any atom is 0.230 e. The van der Waals surface area contributed by atoms with Crippen molar-refractivity contribution in [3.8, 4) is 6.07 Å². The Hall–Kier alpha value is -1.61. The molecule has 1 saturated carbocycles. The van der Waals surface area contributed by atoms with Gasteiger partial charge < -0.3 is 10.6 Å². The molecule has 96 valence electrons. The third-order valence-corrected chi connectivity index (χ3v) is 3.33. The predicted octanol–water partition coefficient (Wildman–Crippen LogP) is 2.06. The molecule has 0 amide bonds. The largest absolute Gasteiger partial charge is 0.357 e. The van der Waals surface area contributed by atoms with Crippen molar-refractivity contribution in [3.63, 3.8) is 0 Å². The average molecular weight is 267 g/mol. The van der Waals surface area contributed by atoms with E-state index < -0.39 is 5.54 Å². The van der Waals surface area contributed by atoms with Crippen molar-refractivity contribution in [2.75, 3.05) is 17.7 Å². The van der Waals surface area contributed by atoms with E-state index in [1.807, 2.05) is 0 Å². The zero-order valence-corrected chi connectivity index (χ0v) is 11.1. The second-order valence-corrected chi connectivity index (χ2v) is 5.01. The van der Waals surface area contributed by atoms with Crippen LogP contribution in [0.15, 0.2) is 0 Å². The highest BCUT2D eigenvalue weighted by molar-refractivity contribution is 6.28. The lowest BCUT2D eigenvalue weighted by Gasteiger charge is -2.22. The fraction of sp³-hybridized carbons (Fsp3) is 0.636. The molecule has 0 radical (unpaired) electrons. The van der Waals surface area contributed by atoms with Gasteiger partial charge in [-0.25, -0.2) is 0 Å². The molecule has 1 aromatic rings. The first-order valence-corrected chi connectivity index (χ1v) is 6.23. The van der Waals surface area contributed by atoms with Gasteiger partial charge in [0, 0.05) is 7.05 Å². The molecule has 18 heavy (non-hydrogen) atoms. The van der Waals surface area contributed by atoms with E-state index in [9.17, 15) is 5.26 Å². The summed E-state index contributed by atoms with van der Waals surface area (Å²) in [4.78, 5) is 12.1. The first-order valence-electron chi connectivity index (χ1n) is 5.86. The first kappa shape index (κ1) is 12.8. The van der Waals surface area contributed by atoms with Crippen LogP contribution < -0.4 is 10.6 Å². The molecular weight excluding hydrogens is 252 g/mol. The van der Waals surface area contributed by atoms with Gasteiger partial charge in [0.2, 0.25) is 17.2 Å². The third kappa shape index (κ3) is 2.62. The van der Waals surface area contributed by atoms with Crippen LogP contribution in [0, 0.1) is 17.2 Å². The summed E-state index contributed by atoms with van der Waals surface area (Å²) in [6, 6.07) is 2.34. The van der Waals surface area contributed by atoms with E-state index in [1.165, 1.54) is 0 Å². The van der Waals surface area contributed by atoms with Gasteiger partial charge in [-0.15, -0.1) is 0 Å². The standard InChI is InChI=1S/C11H15ClN6/c1-7-3-4-11(5-7,6-13)18-10-16-8(12)15-9(14-2)17-10/h7H,3-5H2,1-2H3,(H2,14,15,16,17,18). The zero-order chi connectivity index (χ0) is 13.2. The molecule has 0 bridgehead atoms. The molecule has 1 fully saturated rings. The number of hydrogen-bond acceptors (Lipinski definition) is 6. The van der Waals surface area contributed by atoms with Gasteiger partial charge in [0.25, 0.3) is 0 Å². The monoisotopic (exact) mass is 266 g/mol. The molecule has 2 N–H and O–H groups in total. The second-order valence-electron chi connectivity index (χ2n) is 4.67. The molecule has 2 rings (SSSR count). The Morgan fingerprint density at radius 2 is 2.11 bits per heavy atom. The van der Waals surface area contributed by atoms with Gasteiger partial charge in [0.1, 0.15) is 5.54 Å². The van der Waals surface area contributed by atoms with E-state index in [-0.39, 0.29) is 5.28 Å². The summed E-state index contributed by atoms with van der Waals surface area (Å²) in [6.07, 6.45) is 2.61. The topological polar surface area (TPSA) is 86.5 Å². The maximum atomic E-state index is 9.36. The van der Waals surface area contributed by atoms with Gasteiger partial charge in [-0.2, -0.15) is 20.2 Å². The molecular formula is C11H15ClN6. The summed E-state index contributed by atoms with van der Waals surface area (Å²) in [6.45, 7) is 2.14. The first-order chi connectivity index (χ1) is 8.57. The number of anilines is 2. The molecule has 7 heteroatoms. The smallest absolute Gasteiger partial charge is 0.230 e. The summed E-state index contributed by atoms with van der Waals surface area (Å²) in [5.74, 6) is 1.25. The van der Waals surface area contributed by atoms with Gasteiger partial charge in [-0.3, -0.25) is 0 Å². The molecule has 2 unspecified atom stereocenters. The lowest BCUT2D eigenvalue weighted by molar-refractivity contribution is 0.554. The Labute approximate surface area is 111 Å². The number of aromatic nitrogens is 3. The van der Waals surface area contributed by atoms with Crippen LogP contribution in [0.3, 0.4) is 0 Å². The molecule has 2 atom stereocenters. The van der Waals surface area contributed by atoms with Gasteiger partial charge in [-0.1, -0.05) is 6.92 Å². The lowest BCUT2D eigenvalue weighted by atomic mass is 9.98. The highest BCUT2D eigenvalue weighted by atomic mass is 35.5. The number of nitriles is 1. The van der Waals surface area contributed by atoms with E-state index in [0.29, 0.717) is 17.8 Å². The molecule has 0 aromatic carbocycles. The molecule has 0 spiro atoms. The van der Waals surface area contributed by atoms with Crippen LogP contribution in [-0.4, -0.2) is 27.5 Å². The van der Waals surface area contributed by atoms with Crippen LogP contribution in [0.4, 0.5) is 11.9 Å². The van der Waals surface area contributed by atoms with E-state index >= 15 is 0 Å². The molecule has 1 aromatic heterocycles. The summed E-state index contributed by atoms with van der Waals surface area (Å²) in [5.41, 5.74) is -0.588. The fourth-order valence-corrected chi connectivity index (χ4v) is 2.43. The molecule has 1 aliphatic carbocycles. The normalized spacial score (nSPS) is 26.7. The van der Waals surface area contributed by atoms with E-state index in [1.54, 1.807) is 7.05 Å². The van der Waals surface area contributed by atoms with Crippen molar-refractivity contribution in [1.29, 1.82) is 5.26 Å². The van der Waals surface area contributed by atoms with Crippen LogP contribution in [-0.2, 0) is 0 Å². The van der Waals surface area contributed by atoms with Crippen LogP contribution in [0.25, 0.3) is 0 Å². The Balaban J connectivity index is 2.23. The molecule has 0 saturated heterocycles. The van der Waals surface area contributed by atoms with Crippen molar-refractivity contribution in [2.45, 2.75) is 31.7 Å². The van der Waals surface area contributed by atoms with Crippen molar-refractivity contribution in [1.82, 2.24) is 15.0 Å². The van der Waals surface area contributed by atoms with Crippen molar-refractivity contribution < 1.29 is 0 Å². The van der Waals surface area contributed by atoms with Crippen LogP contribution >= 0.6 is 11.6 Å². The lowest BCUT2D eigenvalue weighted by Crippen LogP contribution is -2.34. The zero-order valence-electron chi connectivity index (χ0n) is 10.4. The Kier molecular flexibility index (Phi) is 3.53. The number of nitrogens with one attached hydrogen (secondary N) is 2. The highest BCUT2D eigenvalue weighted by Gasteiger charge is 2.38. The van der Waals surface area contributed by atoms with Gasteiger partial charge >= 0.3 is 0 Å². The van der Waals surface area contributed by atoms with E-state index in [4.69, 9.17) is 11.6 Å². The van der Waals surface area contributed by atoms with Crippen LogP contribution in [0.2, 0.25) is 5.28 Å². The van der Waals surface area contributed by atoms with Gasteiger partial charge in [0.15, 0.2) is 0 Å². The number of rotatable bonds is 3. The summed E-state index contributed by atoms with van der Waals surface area (Å²) in [7, 11) is 1.70. The van der Waals surface area contributed by atoms with Crippen LogP contribution in [0.1, 0.15) is 26.2 Å². The Morgan fingerprint density at radius 1 is 1.39 bits per heavy atom. The van der Waals surface area contributed by atoms with E-state index in [2.05, 4.69) is 38.6 Å². The molecule has 1 heterocycles. The Bertz CT molecular complexity index is 485. The minimum absolute atomic E-state index is 0.107. The fourth-order valence-electron chi connectivity index (χ4n) is 2.27. The van der Waals surface area contributed by atoms with Crippen molar-refractivity contribution >= 4 is 23.5 Å². The average Bonchev–Trinajstić information content (AvgIpc) is 2.70. The van der Waals surface area contributed by atoms with Gasteiger partial charge in [0.05, 0.1) is 6.07 Å². The SMILES string of the molecule is CNc1nc(Cl)nc(NC2(C#N)CCC(C)C2)n1. The Morgan fingerprint density at radius 3 is 2.67 bits per heavy atom. The van der Waals surface area contributed by atoms with E-state index in [0.717, 1.165) is 19.3 Å². The van der Waals surface area contributed by atoms with Crippen molar-refractivity contribution in [2.24, 2.45) is 5.92 Å². The van der Waals surface area contributed by atoms with Crippen molar-refractivity contribution in [3.05, 3.63) is 5.28 Å². The summed E-state index contributed by atoms with van der Waals surface area (Å²) in [5, 5.41) is 15.4. The highest BCUT2D eigenvalue weighted by Crippen LogP contribution is 2.36. The molecule has 1 aliphatic rings. The molecule has 6 nitrogen and oxygen atoms in total. The predicted molar refractivity (Wildman–Crippen MR) is 69.4 cm³/mol. The number of hydrogen-bond donors (Lipinski definition) is 2. The maximum absolute atomic E-state index is 9.36. The third-order valence-electron chi connectivity index (χ3n) is 3.16. The quantitative estimate of drug-likeness (QED) is 0.871. The van der Waals surface area contributed by atoms with Gasteiger partial charge in [-0.05, 0) is 36.8 Å². The summed E-state index contributed by atoms with van der Waals surface area (Å²) >= 11 is 5.81. The minimum atomic E-state index is -0.588.